The molecule has 2 fully saturated rings. The molecule has 0 spiro atoms. The molecule has 1 aliphatic heterocycles. The van der Waals surface area contributed by atoms with Gasteiger partial charge in [0.2, 0.25) is 11.8 Å². The quantitative estimate of drug-likeness (QED) is 0.747. The normalized spacial score (nSPS) is 19.4. The van der Waals surface area contributed by atoms with E-state index >= 15 is 0 Å². The Morgan fingerprint density at radius 2 is 2.15 bits per heavy atom. The Balaban J connectivity index is 1.46. The summed E-state index contributed by atoms with van der Waals surface area (Å²) in [6.45, 7) is 0.553. The molecule has 0 aromatic carbocycles. The molecule has 1 atom stereocenters. The highest BCUT2D eigenvalue weighted by molar-refractivity contribution is 5.90. The van der Waals surface area contributed by atoms with E-state index in [9.17, 15) is 14.4 Å². The van der Waals surface area contributed by atoms with Crippen molar-refractivity contribution in [2.24, 2.45) is 0 Å². The molecule has 1 unspecified atom stereocenters. The average Bonchev–Trinajstić information content (AvgIpc) is 3.30. The second kappa shape index (κ2) is 6.74. The topological polar surface area (TPSA) is 111 Å². The smallest absolute Gasteiger partial charge is 0.346 e. The van der Waals surface area contributed by atoms with Crippen LogP contribution in [0.2, 0.25) is 0 Å². The molecule has 9 heteroatoms. The van der Waals surface area contributed by atoms with Crippen LogP contribution in [0.3, 0.4) is 0 Å². The van der Waals surface area contributed by atoms with Gasteiger partial charge < -0.3 is 10.6 Å². The first kappa shape index (κ1) is 16.5. The van der Waals surface area contributed by atoms with Crippen molar-refractivity contribution < 1.29 is 9.59 Å². The number of hydrogen-bond donors (Lipinski definition) is 2. The molecule has 3 heterocycles. The molecule has 0 bridgehead atoms. The molecule has 2 aliphatic rings. The molecule has 2 N–H and O–H groups in total. The molecule has 1 aliphatic carbocycles. The second-order valence-electron chi connectivity index (χ2n) is 6.62. The first-order valence-electron chi connectivity index (χ1n) is 8.80. The van der Waals surface area contributed by atoms with Gasteiger partial charge in [-0.1, -0.05) is 0 Å². The lowest BCUT2D eigenvalue weighted by molar-refractivity contribution is -0.125. The van der Waals surface area contributed by atoms with Crippen LogP contribution in [0.15, 0.2) is 29.3 Å². The molecule has 2 aromatic rings. The van der Waals surface area contributed by atoms with Gasteiger partial charge in [0.15, 0.2) is 5.82 Å². The largest absolute Gasteiger partial charge is 0.352 e. The first-order chi connectivity index (χ1) is 12.6. The zero-order valence-electron chi connectivity index (χ0n) is 14.2. The summed E-state index contributed by atoms with van der Waals surface area (Å²) in [6.07, 6.45) is 6.19. The number of pyridine rings is 1. The van der Waals surface area contributed by atoms with Crippen molar-refractivity contribution in [2.75, 3.05) is 6.54 Å². The second-order valence-corrected chi connectivity index (χ2v) is 6.62. The van der Waals surface area contributed by atoms with Crippen LogP contribution in [0, 0.1) is 0 Å². The van der Waals surface area contributed by atoms with Crippen LogP contribution in [0.25, 0.3) is 11.4 Å². The summed E-state index contributed by atoms with van der Waals surface area (Å²) in [4.78, 5) is 40.0. The average molecular weight is 356 g/mol. The molecular formula is C17H20N6O3. The van der Waals surface area contributed by atoms with Crippen molar-refractivity contribution in [2.45, 2.75) is 44.3 Å². The van der Waals surface area contributed by atoms with Crippen molar-refractivity contribution in [1.29, 1.82) is 0 Å². The fraction of sp³-hybridized carbons (Fsp3) is 0.471. The lowest BCUT2D eigenvalue weighted by atomic mass is 10.2. The monoisotopic (exact) mass is 356 g/mol. The lowest BCUT2D eigenvalue weighted by Crippen LogP contribution is -2.43. The highest BCUT2D eigenvalue weighted by Crippen LogP contribution is 2.36. The number of carbonyl (C=O) groups excluding carboxylic acids is 2. The number of hydrogen-bond acceptors (Lipinski definition) is 5. The van der Waals surface area contributed by atoms with E-state index < -0.39 is 6.04 Å². The number of carbonyl (C=O) groups is 2. The summed E-state index contributed by atoms with van der Waals surface area (Å²) in [5.74, 6) is 0.281. The molecule has 1 saturated heterocycles. The van der Waals surface area contributed by atoms with Gasteiger partial charge in [-0.2, -0.15) is 0 Å². The third kappa shape index (κ3) is 3.24. The molecular weight excluding hydrogens is 336 g/mol. The molecule has 1 saturated carbocycles. The van der Waals surface area contributed by atoms with Crippen molar-refractivity contribution in [3.05, 3.63) is 35.0 Å². The van der Waals surface area contributed by atoms with Crippen molar-refractivity contribution >= 4 is 11.8 Å². The summed E-state index contributed by atoms with van der Waals surface area (Å²) >= 11 is 0. The van der Waals surface area contributed by atoms with Crippen LogP contribution in [0.1, 0.15) is 31.7 Å². The predicted molar refractivity (Wildman–Crippen MR) is 92.2 cm³/mol. The minimum atomic E-state index is -0.478. The van der Waals surface area contributed by atoms with E-state index in [0.29, 0.717) is 18.7 Å². The predicted octanol–water partition coefficient (Wildman–Crippen LogP) is -0.164. The lowest BCUT2D eigenvalue weighted by Gasteiger charge is -2.10. The molecule has 26 heavy (non-hydrogen) atoms. The number of amides is 2. The first-order valence-corrected chi connectivity index (χ1v) is 8.80. The molecule has 9 nitrogen and oxygen atoms in total. The number of rotatable bonds is 6. The fourth-order valence-electron chi connectivity index (χ4n) is 3.14. The van der Waals surface area contributed by atoms with Crippen molar-refractivity contribution in [1.82, 2.24) is 30.0 Å². The van der Waals surface area contributed by atoms with E-state index in [4.69, 9.17) is 0 Å². The summed E-state index contributed by atoms with van der Waals surface area (Å²) in [5.41, 5.74) is 0.628. The molecule has 136 valence electrons. The van der Waals surface area contributed by atoms with Gasteiger partial charge in [-0.05, 0) is 31.4 Å². The highest BCUT2D eigenvalue weighted by atomic mass is 16.2. The Morgan fingerprint density at radius 3 is 2.81 bits per heavy atom. The van der Waals surface area contributed by atoms with Crippen LogP contribution in [-0.4, -0.2) is 43.7 Å². The maximum absolute atomic E-state index is 12.7. The number of nitrogens with one attached hydrogen (secondary N) is 2. The maximum Gasteiger partial charge on any atom is 0.346 e. The van der Waals surface area contributed by atoms with Gasteiger partial charge in [0, 0.05) is 37.0 Å². The molecule has 4 rings (SSSR count). The number of aromatic nitrogens is 4. The molecule has 2 aromatic heterocycles. The Morgan fingerprint density at radius 1 is 1.31 bits per heavy atom. The van der Waals surface area contributed by atoms with Gasteiger partial charge in [-0.3, -0.25) is 19.1 Å². The Bertz CT molecular complexity index is 884. The minimum Gasteiger partial charge on any atom is -0.352 e. The van der Waals surface area contributed by atoms with Gasteiger partial charge in [0.05, 0.1) is 6.54 Å². The van der Waals surface area contributed by atoms with Crippen LogP contribution < -0.4 is 16.3 Å². The SMILES string of the molecule is O=C1CCC(C(=O)NCCn2nc(-c3cccnc3)n(C3CC3)c2=O)N1. The van der Waals surface area contributed by atoms with Gasteiger partial charge in [-0.15, -0.1) is 5.10 Å². The minimum absolute atomic E-state index is 0.106. The van der Waals surface area contributed by atoms with E-state index in [1.807, 2.05) is 12.1 Å². The maximum atomic E-state index is 12.7. The fourth-order valence-corrected chi connectivity index (χ4v) is 3.14. The summed E-state index contributed by atoms with van der Waals surface area (Å²) in [5, 5.41) is 9.84. The molecule has 0 radical (unpaired) electrons. The van der Waals surface area contributed by atoms with E-state index in [-0.39, 0.29) is 36.6 Å². The van der Waals surface area contributed by atoms with Crippen LogP contribution in [0.5, 0.6) is 0 Å². The third-order valence-corrected chi connectivity index (χ3v) is 4.64. The molecule has 2 amide bonds. The zero-order chi connectivity index (χ0) is 18.1. The van der Waals surface area contributed by atoms with E-state index in [0.717, 1.165) is 18.4 Å². The van der Waals surface area contributed by atoms with Gasteiger partial charge in [0.1, 0.15) is 6.04 Å². The Kier molecular flexibility index (Phi) is 4.27. The van der Waals surface area contributed by atoms with Crippen LogP contribution in [0.4, 0.5) is 0 Å². The van der Waals surface area contributed by atoms with Gasteiger partial charge in [-0.25, -0.2) is 9.48 Å². The van der Waals surface area contributed by atoms with Crippen LogP contribution >= 0.6 is 0 Å². The summed E-state index contributed by atoms with van der Waals surface area (Å²) < 4.78 is 3.10. The van der Waals surface area contributed by atoms with Crippen molar-refractivity contribution in [3.63, 3.8) is 0 Å². The van der Waals surface area contributed by atoms with E-state index in [2.05, 4.69) is 20.7 Å². The van der Waals surface area contributed by atoms with Crippen LogP contribution in [-0.2, 0) is 16.1 Å². The highest BCUT2D eigenvalue weighted by Gasteiger charge is 2.30. The third-order valence-electron chi connectivity index (χ3n) is 4.64. The van der Waals surface area contributed by atoms with Gasteiger partial charge >= 0.3 is 5.69 Å². The zero-order valence-corrected chi connectivity index (χ0v) is 14.2. The van der Waals surface area contributed by atoms with E-state index in [1.165, 1.54) is 4.68 Å². The number of nitrogens with zero attached hydrogens (tertiary/aromatic N) is 4. The van der Waals surface area contributed by atoms with Gasteiger partial charge in [0.25, 0.3) is 0 Å². The Labute approximate surface area is 149 Å². The standard InChI is InChI=1S/C17H20N6O3/c24-14-6-5-13(20-14)16(25)19-8-9-22-17(26)23(12-3-4-12)15(21-22)11-2-1-7-18-10-11/h1-2,7,10,12-13H,3-6,8-9H2,(H,19,25)(H,20,24). The summed E-state index contributed by atoms with van der Waals surface area (Å²) in [6, 6.07) is 3.40. The summed E-state index contributed by atoms with van der Waals surface area (Å²) in [7, 11) is 0. The van der Waals surface area contributed by atoms with Crippen molar-refractivity contribution in [3.8, 4) is 11.4 Å². The Hall–Kier alpha value is -2.97. The van der Waals surface area contributed by atoms with E-state index in [1.54, 1.807) is 17.0 Å².